The van der Waals surface area contributed by atoms with Crippen LogP contribution in [-0.2, 0) is 9.53 Å². The molecule has 5 saturated carbocycles. The van der Waals surface area contributed by atoms with Crippen LogP contribution in [0.25, 0.3) is 0 Å². The highest BCUT2D eigenvalue weighted by Gasteiger charge is 2.70. The Balaban J connectivity index is 1.53. The molecular formula is C32H52O3. The molecule has 1 N–H and O–H groups in total. The number of ether oxygens (including phenoxy) is 1. The smallest absolute Gasteiger partial charge is 0.302 e. The average Bonchev–Trinajstić information content (AvgIpc) is 3.16. The highest BCUT2D eigenvalue weighted by Crippen LogP contribution is 2.77. The Morgan fingerprint density at radius 2 is 1.57 bits per heavy atom. The molecule has 0 saturated heterocycles. The van der Waals surface area contributed by atoms with E-state index in [9.17, 15) is 9.90 Å². The number of aliphatic hydroxyl groups excluding tert-OH is 1. The van der Waals surface area contributed by atoms with Gasteiger partial charge in [-0.05, 0) is 122 Å². The van der Waals surface area contributed by atoms with Crippen LogP contribution in [0.1, 0.15) is 113 Å². The predicted molar refractivity (Wildman–Crippen MR) is 142 cm³/mol. The van der Waals surface area contributed by atoms with Crippen LogP contribution in [0.5, 0.6) is 0 Å². The molecular weight excluding hydrogens is 432 g/mol. The van der Waals surface area contributed by atoms with Gasteiger partial charge in [-0.3, -0.25) is 4.79 Å². The van der Waals surface area contributed by atoms with Gasteiger partial charge in [0, 0.05) is 12.3 Å². The zero-order valence-corrected chi connectivity index (χ0v) is 23.7. The summed E-state index contributed by atoms with van der Waals surface area (Å²) in [5.74, 6) is 3.04. The molecule has 7 unspecified atom stereocenters. The largest absolute Gasteiger partial charge is 0.465 e. The number of esters is 1. The number of aliphatic hydroxyl groups is 1. The SMILES string of the molecule is C=C(C)C1CCC2(COC(C)=O)CC[C@]3(C)C(CCC4[C@@]5(C)CCC(O)C(C)(C)C5CC[C@]43C)C12. The van der Waals surface area contributed by atoms with Crippen LogP contribution in [0.2, 0.25) is 0 Å². The molecule has 5 fully saturated rings. The zero-order chi connectivity index (χ0) is 25.6. The summed E-state index contributed by atoms with van der Waals surface area (Å²) in [7, 11) is 0. The molecule has 35 heavy (non-hydrogen) atoms. The zero-order valence-electron chi connectivity index (χ0n) is 23.7. The summed E-state index contributed by atoms with van der Waals surface area (Å²) in [5.41, 5.74) is 2.45. The van der Waals surface area contributed by atoms with E-state index in [0.29, 0.717) is 46.5 Å². The van der Waals surface area contributed by atoms with E-state index < -0.39 is 0 Å². The van der Waals surface area contributed by atoms with Crippen molar-refractivity contribution in [2.45, 2.75) is 119 Å². The number of hydrogen-bond donors (Lipinski definition) is 1. The summed E-state index contributed by atoms with van der Waals surface area (Å²) in [6, 6.07) is 0. The molecule has 10 atom stereocenters. The normalized spacial score (nSPS) is 52.5. The van der Waals surface area contributed by atoms with E-state index in [0.717, 1.165) is 12.3 Å². The van der Waals surface area contributed by atoms with E-state index in [2.05, 4.69) is 48.1 Å². The van der Waals surface area contributed by atoms with Crippen LogP contribution >= 0.6 is 0 Å². The second-order valence-corrected chi connectivity index (χ2v) is 15.2. The van der Waals surface area contributed by atoms with Gasteiger partial charge in [-0.15, -0.1) is 0 Å². The van der Waals surface area contributed by atoms with Crippen LogP contribution in [0, 0.1) is 56.7 Å². The highest BCUT2D eigenvalue weighted by molar-refractivity contribution is 5.65. The Morgan fingerprint density at radius 1 is 0.857 bits per heavy atom. The molecule has 5 aliphatic carbocycles. The molecule has 0 aromatic heterocycles. The fraction of sp³-hybridized carbons (Fsp3) is 0.906. The summed E-state index contributed by atoms with van der Waals surface area (Å²) >= 11 is 0. The monoisotopic (exact) mass is 484 g/mol. The van der Waals surface area contributed by atoms with Gasteiger partial charge in [0.05, 0.1) is 12.7 Å². The van der Waals surface area contributed by atoms with Crippen LogP contribution in [0.4, 0.5) is 0 Å². The van der Waals surface area contributed by atoms with Crippen molar-refractivity contribution in [1.82, 2.24) is 0 Å². The maximum Gasteiger partial charge on any atom is 0.302 e. The molecule has 0 spiro atoms. The fourth-order valence-electron chi connectivity index (χ4n) is 11.8. The van der Waals surface area contributed by atoms with Crippen molar-refractivity contribution in [2.24, 2.45) is 56.7 Å². The first-order chi connectivity index (χ1) is 16.2. The van der Waals surface area contributed by atoms with E-state index in [4.69, 9.17) is 4.74 Å². The molecule has 0 radical (unpaired) electrons. The third-order valence-corrected chi connectivity index (χ3v) is 13.8. The first-order valence-electron chi connectivity index (χ1n) is 14.7. The summed E-state index contributed by atoms with van der Waals surface area (Å²) in [4.78, 5) is 11.9. The molecule has 5 rings (SSSR count). The number of hydrogen-bond acceptors (Lipinski definition) is 3. The number of rotatable bonds is 3. The van der Waals surface area contributed by atoms with Crippen molar-refractivity contribution in [1.29, 1.82) is 0 Å². The lowest BCUT2D eigenvalue weighted by Gasteiger charge is -2.73. The molecule has 0 amide bonds. The van der Waals surface area contributed by atoms with Crippen LogP contribution in [-0.4, -0.2) is 23.8 Å². The number of allylic oxidation sites excluding steroid dienone is 1. The van der Waals surface area contributed by atoms with Crippen molar-refractivity contribution in [2.75, 3.05) is 6.61 Å². The second kappa shape index (κ2) is 8.08. The van der Waals surface area contributed by atoms with E-state index >= 15 is 0 Å². The van der Waals surface area contributed by atoms with Crippen LogP contribution in [0.15, 0.2) is 12.2 Å². The molecule has 5 aliphatic rings. The topological polar surface area (TPSA) is 46.5 Å². The minimum absolute atomic E-state index is 0.00826. The Labute approximate surface area is 214 Å². The van der Waals surface area contributed by atoms with Gasteiger partial charge in [-0.1, -0.05) is 46.8 Å². The number of fused-ring (bicyclic) bond motifs is 7. The summed E-state index contributed by atoms with van der Waals surface area (Å²) < 4.78 is 5.79. The van der Waals surface area contributed by atoms with E-state index in [-0.39, 0.29) is 22.9 Å². The Hall–Kier alpha value is -0.830. The van der Waals surface area contributed by atoms with Crippen LogP contribution in [0.3, 0.4) is 0 Å². The minimum Gasteiger partial charge on any atom is -0.465 e. The summed E-state index contributed by atoms with van der Waals surface area (Å²) in [6.07, 6.45) is 12.0. The average molecular weight is 485 g/mol. The Bertz CT molecular complexity index is 891. The van der Waals surface area contributed by atoms with Crippen LogP contribution < -0.4 is 0 Å². The molecule has 0 aromatic carbocycles. The quantitative estimate of drug-likeness (QED) is 0.332. The number of carbonyl (C=O) groups is 1. The van der Waals surface area contributed by atoms with Gasteiger partial charge in [0.1, 0.15) is 0 Å². The van der Waals surface area contributed by atoms with Crippen molar-refractivity contribution in [3.63, 3.8) is 0 Å². The van der Waals surface area contributed by atoms with Crippen molar-refractivity contribution in [3.8, 4) is 0 Å². The summed E-state index contributed by atoms with van der Waals surface area (Å²) in [5, 5.41) is 10.9. The molecule has 198 valence electrons. The highest BCUT2D eigenvalue weighted by atomic mass is 16.5. The Kier molecular flexibility index (Phi) is 5.96. The first kappa shape index (κ1) is 25.8. The van der Waals surface area contributed by atoms with E-state index in [1.54, 1.807) is 6.92 Å². The predicted octanol–water partition coefficient (Wildman–Crippen LogP) is 7.57. The Morgan fingerprint density at radius 3 is 2.23 bits per heavy atom. The van der Waals surface area contributed by atoms with Gasteiger partial charge in [0.25, 0.3) is 0 Å². The molecule has 0 aliphatic heterocycles. The fourth-order valence-corrected chi connectivity index (χ4v) is 11.8. The van der Waals surface area contributed by atoms with Gasteiger partial charge in [-0.2, -0.15) is 0 Å². The van der Waals surface area contributed by atoms with Crippen molar-refractivity contribution >= 4 is 5.97 Å². The maximum absolute atomic E-state index is 11.9. The van der Waals surface area contributed by atoms with E-state index in [1.807, 2.05) is 0 Å². The lowest BCUT2D eigenvalue weighted by molar-refractivity contribution is -0.249. The standard InChI is InChI=1S/C32H52O3/c1-20(2)22-11-16-32(19-35-21(3)33)18-17-30(7)23(27(22)32)9-10-25-29(6)14-13-26(34)28(4,5)24(29)12-15-31(25,30)8/h22-27,34H,1,9-19H2,2-8H3/t22?,23?,24?,25?,26?,27?,29-,30+,31+,32?/m0/s1. The lowest BCUT2D eigenvalue weighted by Crippen LogP contribution is -2.66. The molecule has 0 bridgehead atoms. The number of carbonyl (C=O) groups excluding carboxylic acids is 1. The minimum atomic E-state index is -0.164. The first-order valence-corrected chi connectivity index (χ1v) is 14.7. The van der Waals surface area contributed by atoms with Gasteiger partial charge in [-0.25, -0.2) is 0 Å². The molecule has 3 nitrogen and oxygen atoms in total. The second-order valence-electron chi connectivity index (χ2n) is 15.2. The van der Waals surface area contributed by atoms with Gasteiger partial charge < -0.3 is 9.84 Å². The summed E-state index contributed by atoms with van der Waals surface area (Å²) in [6.45, 7) is 21.5. The van der Waals surface area contributed by atoms with E-state index in [1.165, 1.54) is 63.4 Å². The van der Waals surface area contributed by atoms with Gasteiger partial charge in [0.15, 0.2) is 0 Å². The van der Waals surface area contributed by atoms with Gasteiger partial charge >= 0.3 is 5.97 Å². The van der Waals surface area contributed by atoms with Crippen molar-refractivity contribution < 1.29 is 14.6 Å². The maximum atomic E-state index is 11.9. The van der Waals surface area contributed by atoms with Gasteiger partial charge in [0.2, 0.25) is 0 Å². The lowest BCUT2D eigenvalue weighted by atomic mass is 9.32. The van der Waals surface area contributed by atoms with Crippen molar-refractivity contribution in [3.05, 3.63) is 12.2 Å². The third kappa shape index (κ3) is 3.34. The molecule has 3 heteroatoms. The molecule has 0 aromatic rings. The third-order valence-electron chi connectivity index (χ3n) is 13.8. The molecule has 0 heterocycles.